The van der Waals surface area contributed by atoms with Crippen LogP contribution in [0, 0.1) is 11.3 Å². The minimum atomic E-state index is -0.265. The first-order chi connectivity index (χ1) is 9.20. The van der Waals surface area contributed by atoms with Gasteiger partial charge in [0.05, 0.1) is 0 Å². The van der Waals surface area contributed by atoms with E-state index >= 15 is 0 Å². The standard InChI is InChI=1S/C16H10BrNO/c17-15-8-6-13(7-9-15)16(19)14(11-18)10-12-4-2-1-3-5-12/h1-10H/b14-10-. The Hall–Kier alpha value is -2.18. The van der Waals surface area contributed by atoms with Gasteiger partial charge in [-0.25, -0.2) is 0 Å². The number of hydrogen-bond donors (Lipinski definition) is 0. The Morgan fingerprint density at radius 1 is 1.05 bits per heavy atom. The summed E-state index contributed by atoms with van der Waals surface area (Å²) in [7, 11) is 0. The fourth-order valence-electron chi connectivity index (χ4n) is 1.62. The van der Waals surface area contributed by atoms with Crippen molar-refractivity contribution in [2.24, 2.45) is 0 Å². The van der Waals surface area contributed by atoms with Crippen molar-refractivity contribution in [3.05, 3.63) is 75.8 Å². The second-order valence-electron chi connectivity index (χ2n) is 3.92. The molecule has 0 aliphatic rings. The predicted octanol–water partition coefficient (Wildman–Crippen LogP) is 4.24. The first-order valence-electron chi connectivity index (χ1n) is 5.68. The normalized spacial score (nSPS) is 10.8. The summed E-state index contributed by atoms with van der Waals surface area (Å²) in [6.45, 7) is 0. The largest absolute Gasteiger partial charge is 0.288 e. The van der Waals surface area contributed by atoms with Gasteiger partial charge in [0.1, 0.15) is 11.6 Å². The number of rotatable bonds is 3. The summed E-state index contributed by atoms with van der Waals surface area (Å²) in [5.41, 5.74) is 1.48. The van der Waals surface area contributed by atoms with E-state index in [1.807, 2.05) is 36.4 Å². The summed E-state index contributed by atoms with van der Waals surface area (Å²) in [6, 6.07) is 18.2. The second kappa shape index (κ2) is 6.12. The van der Waals surface area contributed by atoms with E-state index in [0.717, 1.165) is 10.0 Å². The molecule has 19 heavy (non-hydrogen) atoms. The molecule has 0 aliphatic carbocycles. The summed E-state index contributed by atoms with van der Waals surface area (Å²) < 4.78 is 0.898. The number of nitriles is 1. The molecule has 0 saturated carbocycles. The van der Waals surface area contributed by atoms with Crippen molar-refractivity contribution in [3.63, 3.8) is 0 Å². The Kier molecular flexibility index (Phi) is 4.27. The van der Waals surface area contributed by atoms with E-state index < -0.39 is 0 Å². The highest BCUT2D eigenvalue weighted by Gasteiger charge is 2.11. The lowest BCUT2D eigenvalue weighted by molar-refractivity contribution is 0.104. The van der Waals surface area contributed by atoms with Gasteiger partial charge in [0.15, 0.2) is 0 Å². The van der Waals surface area contributed by atoms with Crippen LogP contribution >= 0.6 is 15.9 Å². The molecule has 0 fully saturated rings. The third-order valence-electron chi connectivity index (χ3n) is 2.58. The van der Waals surface area contributed by atoms with E-state index in [1.54, 1.807) is 30.3 Å². The van der Waals surface area contributed by atoms with Crippen molar-refractivity contribution in [1.82, 2.24) is 0 Å². The maximum Gasteiger partial charge on any atom is 0.203 e. The van der Waals surface area contributed by atoms with Gasteiger partial charge in [-0.15, -0.1) is 0 Å². The first-order valence-corrected chi connectivity index (χ1v) is 6.47. The Morgan fingerprint density at radius 2 is 1.68 bits per heavy atom. The third kappa shape index (κ3) is 3.40. The van der Waals surface area contributed by atoms with Gasteiger partial charge < -0.3 is 0 Å². The monoisotopic (exact) mass is 311 g/mol. The van der Waals surface area contributed by atoms with Crippen molar-refractivity contribution >= 4 is 27.8 Å². The molecule has 92 valence electrons. The van der Waals surface area contributed by atoms with E-state index in [1.165, 1.54) is 0 Å². The average molecular weight is 312 g/mol. The van der Waals surface area contributed by atoms with Crippen LogP contribution < -0.4 is 0 Å². The molecule has 3 heteroatoms. The fraction of sp³-hybridized carbons (Fsp3) is 0. The van der Waals surface area contributed by atoms with Gasteiger partial charge >= 0.3 is 0 Å². The van der Waals surface area contributed by atoms with Crippen LogP contribution in [0.1, 0.15) is 15.9 Å². The van der Waals surface area contributed by atoms with E-state index in [9.17, 15) is 4.79 Å². The van der Waals surface area contributed by atoms with Crippen LogP contribution in [0.4, 0.5) is 0 Å². The second-order valence-corrected chi connectivity index (χ2v) is 4.83. The van der Waals surface area contributed by atoms with Crippen molar-refractivity contribution in [2.75, 3.05) is 0 Å². The summed E-state index contributed by atoms with van der Waals surface area (Å²) in [6.07, 6.45) is 1.60. The average Bonchev–Trinajstić information content (AvgIpc) is 2.46. The van der Waals surface area contributed by atoms with Gasteiger partial charge in [0.25, 0.3) is 0 Å². The minimum Gasteiger partial charge on any atom is -0.288 e. The van der Waals surface area contributed by atoms with E-state index in [2.05, 4.69) is 15.9 Å². The minimum absolute atomic E-state index is 0.133. The molecule has 0 amide bonds. The summed E-state index contributed by atoms with van der Waals surface area (Å²) in [4.78, 5) is 12.2. The van der Waals surface area contributed by atoms with Crippen LogP contribution in [0.15, 0.2) is 64.6 Å². The van der Waals surface area contributed by atoms with Gasteiger partial charge in [0, 0.05) is 10.0 Å². The molecule has 0 spiro atoms. The van der Waals surface area contributed by atoms with Crippen molar-refractivity contribution in [3.8, 4) is 6.07 Å². The Labute approximate surface area is 120 Å². The molecule has 0 aliphatic heterocycles. The number of carbonyl (C=O) groups excluding carboxylic acids is 1. The summed E-state index contributed by atoms with van der Waals surface area (Å²) in [5, 5.41) is 9.13. The van der Waals surface area contributed by atoms with Crippen molar-refractivity contribution < 1.29 is 4.79 Å². The summed E-state index contributed by atoms with van der Waals surface area (Å²) >= 11 is 3.31. The fourth-order valence-corrected chi connectivity index (χ4v) is 1.89. The van der Waals surface area contributed by atoms with Gasteiger partial charge in [-0.05, 0) is 35.9 Å². The number of carbonyl (C=O) groups is 1. The Balaban J connectivity index is 2.33. The maximum atomic E-state index is 12.2. The lowest BCUT2D eigenvalue weighted by Gasteiger charge is -2.00. The highest BCUT2D eigenvalue weighted by atomic mass is 79.9. The van der Waals surface area contributed by atoms with Crippen LogP contribution in [0.25, 0.3) is 6.08 Å². The number of halogens is 1. The molecular weight excluding hydrogens is 302 g/mol. The predicted molar refractivity (Wildman–Crippen MR) is 78.5 cm³/mol. The molecule has 2 aromatic rings. The molecule has 0 unspecified atom stereocenters. The zero-order chi connectivity index (χ0) is 13.7. The summed E-state index contributed by atoms with van der Waals surface area (Å²) in [5.74, 6) is -0.265. The maximum absolute atomic E-state index is 12.2. The van der Waals surface area contributed by atoms with E-state index in [0.29, 0.717) is 5.56 Å². The zero-order valence-electron chi connectivity index (χ0n) is 10.0. The molecule has 2 aromatic carbocycles. The molecule has 2 rings (SSSR count). The van der Waals surface area contributed by atoms with Crippen molar-refractivity contribution in [1.29, 1.82) is 5.26 Å². The van der Waals surface area contributed by atoms with Gasteiger partial charge in [-0.2, -0.15) is 5.26 Å². The first kappa shape index (κ1) is 13.3. The molecule has 0 bridgehead atoms. The van der Waals surface area contributed by atoms with Gasteiger partial charge in [-0.1, -0.05) is 46.3 Å². The number of ketones is 1. The van der Waals surface area contributed by atoms with Gasteiger partial charge in [-0.3, -0.25) is 4.79 Å². The lowest BCUT2D eigenvalue weighted by atomic mass is 10.0. The highest BCUT2D eigenvalue weighted by molar-refractivity contribution is 9.10. The molecule has 0 heterocycles. The molecule has 0 aromatic heterocycles. The molecule has 0 N–H and O–H groups in total. The zero-order valence-corrected chi connectivity index (χ0v) is 11.6. The quantitative estimate of drug-likeness (QED) is 0.483. The number of hydrogen-bond acceptors (Lipinski definition) is 2. The number of Topliss-reactive ketones (excluding diaryl/α,β-unsaturated/α-hetero) is 1. The molecule has 0 radical (unpaired) electrons. The smallest absolute Gasteiger partial charge is 0.203 e. The molecule has 0 atom stereocenters. The molecule has 0 saturated heterocycles. The topological polar surface area (TPSA) is 40.9 Å². The lowest BCUT2D eigenvalue weighted by Crippen LogP contribution is -2.01. The Bertz CT molecular complexity index is 651. The number of benzene rings is 2. The van der Waals surface area contributed by atoms with Crippen molar-refractivity contribution in [2.45, 2.75) is 0 Å². The van der Waals surface area contributed by atoms with Gasteiger partial charge in [0.2, 0.25) is 5.78 Å². The molecule has 2 nitrogen and oxygen atoms in total. The third-order valence-corrected chi connectivity index (χ3v) is 3.11. The molecular formula is C16H10BrNO. The Morgan fingerprint density at radius 3 is 2.26 bits per heavy atom. The highest BCUT2D eigenvalue weighted by Crippen LogP contribution is 2.15. The van der Waals surface area contributed by atoms with Crippen LogP contribution in [0.2, 0.25) is 0 Å². The van der Waals surface area contributed by atoms with Crippen LogP contribution in [0.3, 0.4) is 0 Å². The van der Waals surface area contributed by atoms with E-state index in [-0.39, 0.29) is 11.4 Å². The van der Waals surface area contributed by atoms with Crippen LogP contribution in [-0.2, 0) is 0 Å². The van der Waals surface area contributed by atoms with Crippen LogP contribution in [-0.4, -0.2) is 5.78 Å². The number of nitrogens with zero attached hydrogens (tertiary/aromatic N) is 1. The van der Waals surface area contributed by atoms with Crippen LogP contribution in [0.5, 0.6) is 0 Å². The SMILES string of the molecule is N#C/C(=C/c1ccccc1)C(=O)c1ccc(Br)cc1. The van der Waals surface area contributed by atoms with E-state index in [4.69, 9.17) is 5.26 Å². The number of allylic oxidation sites excluding steroid dienone is 1.